The summed E-state index contributed by atoms with van der Waals surface area (Å²) in [6.07, 6.45) is 1.11. The molecule has 2 rings (SSSR count). The summed E-state index contributed by atoms with van der Waals surface area (Å²) in [5.41, 5.74) is 0. The Hall–Kier alpha value is -2.16. The zero-order valence-corrected chi connectivity index (χ0v) is 13.3. The lowest BCUT2D eigenvalue weighted by atomic mass is 10.2. The molecule has 1 aromatic rings. The first-order valence-electron chi connectivity index (χ1n) is 6.94. The molecule has 23 heavy (non-hydrogen) atoms. The normalized spacial score (nSPS) is 18.2. The average molecular weight is 344 g/mol. The quantitative estimate of drug-likeness (QED) is 0.730. The van der Waals surface area contributed by atoms with Crippen LogP contribution in [-0.2, 0) is 14.6 Å². The third-order valence-electron chi connectivity index (χ3n) is 3.28. The van der Waals surface area contributed by atoms with Gasteiger partial charge in [0.05, 0.1) is 12.3 Å². The molecule has 0 aromatic heterocycles. The van der Waals surface area contributed by atoms with Crippen LogP contribution in [0, 0.1) is 5.82 Å². The van der Waals surface area contributed by atoms with Crippen molar-refractivity contribution in [2.45, 2.75) is 12.5 Å². The van der Waals surface area contributed by atoms with E-state index in [9.17, 15) is 22.4 Å². The van der Waals surface area contributed by atoms with Crippen molar-refractivity contribution in [2.75, 3.05) is 25.2 Å². The third-order valence-corrected chi connectivity index (χ3v) is 4.26. The van der Waals surface area contributed by atoms with E-state index in [-0.39, 0.29) is 31.1 Å². The molecule has 1 fully saturated rings. The van der Waals surface area contributed by atoms with Gasteiger partial charge in [-0.15, -0.1) is 0 Å². The first kappa shape index (κ1) is 17.2. The molecular weight excluding hydrogens is 327 g/mol. The van der Waals surface area contributed by atoms with Crippen LogP contribution in [0.15, 0.2) is 24.3 Å². The van der Waals surface area contributed by atoms with Crippen LogP contribution in [0.25, 0.3) is 0 Å². The molecule has 7 nitrogen and oxygen atoms in total. The van der Waals surface area contributed by atoms with Gasteiger partial charge in [0.1, 0.15) is 34.1 Å². The van der Waals surface area contributed by atoms with Crippen LogP contribution in [0.3, 0.4) is 0 Å². The second kappa shape index (κ2) is 6.95. The van der Waals surface area contributed by atoms with E-state index in [4.69, 9.17) is 4.74 Å². The van der Waals surface area contributed by atoms with Crippen LogP contribution < -0.4 is 10.1 Å². The van der Waals surface area contributed by atoms with Gasteiger partial charge in [0.2, 0.25) is 0 Å². The van der Waals surface area contributed by atoms with Crippen molar-refractivity contribution in [3.63, 3.8) is 0 Å². The molecule has 0 radical (unpaired) electrons. The van der Waals surface area contributed by atoms with Crippen LogP contribution in [0.2, 0.25) is 0 Å². The molecule has 1 atom stereocenters. The highest BCUT2D eigenvalue weighted by molar-refractivity contribution is 7.90. The van der Waals surface area contributed by atoms with E-state index in [0.29, 0.717) is 5.75 Å². The van der Waals surface area contributed by atoms with Crippen molar-refractivity contribution < 1.29 is 27.1 Å². The van der Waals surface area contributed by atoms with E-state index in [2.05, 4.69) is 5.32 Å². The van der Waals surface area contributed by atoms with Crippen molar-refractivity contribution in [3.8, 4) is 5.75 Å². The SMILES string of the molecule is CS(=O)(=O)CCC1NC(=O)N(CCOc2ccc(F)cc2)C1=O. The minimum atomic E-state index is -3.20. The lowest BCUT2D eigenvalue weighted by Gasteiger charge is -2.13. The second-order valence-corrected chi connectivity index (χ2v) is 7.47. The third kappa shape index (κ3) is 4.92. The molecule has 0 bridgehead atoms. The van der Waals surface area contributed by atoms with Gasteiger partial charge in [-0.25, -0.2) is 17.6 Å². The summed E-state index contributed by atoms with van der Waals surface area (Å²) in [7, 11) is -3.20. The highest BCUT2D eigenvalue weighted by atomic mass is 32.2. The summed E-state index contributed by atoms with van der Waals surface area (Å²) < 4.78 is 40.3. The van der Waals surface area contributed by atoms with Crippen molar-refractivity contribution >= 4 is 21.8 Å². The fraction of sp³-hybridized carbons (Fsp3) is 0.429. The van der Waals surface area contributed by atoms with Gasteiger partial charge in [-0.3, -0.25) is 9.69 Å². The zero-order chi connectivity index (χ0) is 17.0. The summed E-state index contributed by atoms with van der Waals surface area (Å²) >= 11 is 0. The van der Waals surface area contributed by atoms with Crippen molar-refractivity contribution in [1.29, 1.82) is 0 Å². The molecule has 1 aliphatic rings. The topological polar surface area (TPSA) is 92.8 Å². The highest BCUT2D eigenvalue weighted by Crippen LogP contribution is 2.13. The van der Waals surface area contributed by atoms with Crippen molar-refractivity contribution in [3.05, 3.63) is 30.1 Å². The maximum Gasteiger partial charge on any atom is 0.324 e. The van der Waals surface area contributed by atoms with Gasteiger partial charge in [-0.2, -0.15) is 0 Å². The van der Waals surface area contributed by atoms with E-state index >= 15 is 0 Å². The maximum atomic E-state index is 12.8. The molecule has 0 spiro atoms. The van der Waals surface area contributed by atoms with Crippen LogP contribution in [0.1, 0.15) is 6.42 Å². The molecule has 1 heterocycles. The Kier molecular flexibility index (Phi) is 5.19. The van der Waals surface area contributed by atoms with E-state index in [1.54, 1.807) is 0 Å². The highest BCUT2D eigenvalue weighted by Gasteiger charge is 2.37. The number of urea groups is 1. The Morgan fingerprint density at radius 3 is 2.52 bits per heavy atom. The second-order valence-electron chi connectivity index (χ2n) is 5.21. The molecule has 1 aliphatic heterocycles. The van der Waals surface area contributed by atoms with Crippen LogP contribution in [0.4, 0.5) is 9.18 Å². The fourth-order valence-corrected chi connectivity index (χ4v) is 2.77. The number of carbonyl (C=O) groups is 2. The van der Waals surface area contributed by atoms with E-state index in [1.165, 1.54) is 24.3 Å². The summed E-state index contributed by atoms with van der Waals surface area (Å²) in [5.74, 6) is -0.613. The van der Waals surface area contributed by atoms with Gasteiger partial charge in [0, 0.05) is 6.26 Å². The van der Waals surface area contributed by atoms with Gasteiger partial charge in [0.25, 0.3) is 5.91 Å². The van der Waals surface area contributed by atoms with Gasteiger partial charge in [0.15, 0.2) is 0 Å². The molecule has 1 unspecified atom stereocenters. The van der Waals surface area contributed by atoms with Gasteiger partial charge < -0.3 is 10.1 Å². The fourth-order valence-electron chi connectivity index (χ4n) is 2.10. The Labute approximate surface area is 133 Å². The molecule has 0 saturated carbocycles. The van der Waals surface area contributed by atoms with Gasteiger partial charge in [-0.1, -0.05) is 0 Å². The molecule has 1 aromatic carbocycles. The monoisotopic (exact) mass is 344 g/mol. The zero-order valence-electron chi connectivity index (χ0n) is 12.5. The predicted octanol–water partition coefficient (Wildman–Crippen LogP) is 0.560. The smallest absolute Gasteiger partial charge is 0.324 e. The molecule has 1 saturated heterocycles. The number of hydrogen-bond acceptors (Lipinski definition) is 5. The largest absolute Gasteiger partial charge is 0.492 e. The van der Waals surface area contributed by atoms with Crippen LogP contribution in [-0.4, -0.2) is 56.5 Å². The van der Waals surface area contributed by atoms with Crippen molar-refractivity contribution in [1.82, 2.24) is 10.2 Å². The first-order valence-corrected chi connectivity index (χ1v) is 9.00. The van der Waals surface area contributed by atoms with Gasteiger partial charge >= 0.3 is 6.03 Å². The summed E-state index contributed by atoms with van der Waals surface area (Å²) in [4.78, 5) is 24.8. The minimum Gasteiger partial charge on any atom is -0.492 e. The standard InChI is InChI=1S/C14H17FN2O5S/c1-23(20,21)9-6-12-13(18)17(14(19)16-12)7-8-22-11-4-2-10(15)3-5-11/h2-5,12H,6-9H2,1H3,(H,16,19). The Balaban J connectivity index is 1.84. The number of hydrogen-bond donors (Lipinski definition) is 1. The summed E-state index contributed by atoms with van der Waals surface area (Å²) in [6, 6.07) is 3.96. The molecule has 9 heteroatoms. The molecule has 3 amide bonds. The Bertz CT molecular complexity index is 690. The maximum absolute atomic E-state index is 12.8. The average Bonchev–Trinajstić information content (AvgIpc) is 2.74. The predicted molar refractivity (Wildman–Crippen MR) is 80.3 cm³/mol. The number of halogens is 1. The summed E-state index contributed by atoms with van der Waals surface area (Å²) in [6.45, 7) is 0.0843. The molecular formula is C14H17FN2O5S. The summed E-state index contributed by atoms with van der Waals surface area (Å²) in [5, 5.41) is 2.45. The van der Waals surface area contributed by atoms with Crippen LogP contribution >= 0.6 is 0 Å². The Morgan fingerprint density at radius 1 is 1.26 bits per heavy atom. The number of rotatable bonds is 7. The number of nitrogens with one attached hydrogen (secondary N) is 1. The minimum absolute atomic E-state index is 0.0252. The number of imide groups is 1. The van der Waals surface area contributed by atoms with E-state index in [0.717, 1.165) is 11.2 Å². The number of carbonyl (C=O) groups excluding carboxylic acids is 2. The van der Waals surface area contributed by atoms with Gasteiger partial charge in [-0.05, 0) is 30.7 Å². The molecule has 126 valence electrons. The number of benzene rings is 1. The number of ether oxygens (including phenoxy) is 1. The number of amides is 3. The lowest BCUT2D eigenvalue weighted by molar-refractivity contribution is -0.127. The van der Waals surface area contributed by atoms with E-state index in [1.807, 2.05) is 0 Å². The molecule has 0 aliphatic carbocycles. The lowest BCUT2D eigenvalue weighted by Crippen LogP contribution is -2.35. The first-order chi connectivity index (χ1) is 10.8. The number of sulfone groups is 1. The van der Waals surface area contributed by atoms with Crippen molar-refractivity contribution in [2.24, 2.45) is 0 Å². The van der Waals surface area contributed by atoms with Crippen LogP contribution in [0.5, 0.6) is 5.75 Å². The molecule has 1 N–H and O–H groups in total. The number of nitrogens with zero attached hydrogens (tertiary/aromatic N) is 1. The Morgan fingerprint density at radius 2 is 1.91 bits per heavy atom. The van der Waals surface area contributed by atoms with E-state index < -0.39 is 27.8 Å².